The fraction of sp³-hybridized carbons (Fsp3) is 0.588. The van der Waals surface area contributed by atoms with E-state index < -0.39 is 5.72 Å². The van der Waals surface area contributed by atoms with Gasteiger partial charge in [-0.25, -0.2) is 0 Å². The van der Waals surface area contributed by atoms with Crippen molar-refractivity contribution >= 4 is 5.91 Å². The first kappa shape index (κ1) is 14.2. The van der Waals surface area contributed by atoms with Gasteiger partial charge in [0.15, 0.2) is 0 Å². The molecule has 3 aliphatic rings. The van der Waals surface area contributed by atoms with E-state index in [9.17, 15) is 9.90 Å². The quantitative estimate of drug-likeness (QED) is 0.873. The van der Waals surface area contributed by atoms with Crippen LogP contribution in [0.2, 0.25) is 0 Å². The number of nitrogens with one attached hydrogen (secondary N) is 1. The van der Waals surface area contributed by atoms with Crippen molar-refractivity contribution in [2.24, 2.45) is 5.92 Å². The zero-order valence-corrected chi connectivity index (χ0v) is 12.6. The van der Waals surface area contributed by atoms with E-state index in [1.54, 1.807) is 0 Å². The molecule has 2 N–H and O–H groups in total. The Hall–Kier alpha value is -1.43. The third-order valence-electron chi connectivity index (χ3n) is 5.37. The summed E-state index contributed by atoms with van der Waals surface area (Å²) in [5.74, 6) is -0.479. The molecule has 0 aromatic heterocycles. The van der Waals surface area contributed by atoms with Crippen molar-refractivity contribution in [1.82, 2.24) is 10.4 Å². The predicted octanol–water partition coefficient (Wildman–Crippen LogP) is 1.74. The van der Waals surface area contributed by atoms with Crippen LogP contribution in [0.15, 0.2) is 30.3 Å². The minimum Gasteiger partial charge on any atom is -0.366 e. The second-order valence-corrected chi connectivity index (χ2v) is 6.67. The molecule has 5 nitrogen and oxygen atoms in total. The van der Waals surface area contributed by atoms with Crippen LogP contribution in [0.25, 0.3) is 0 Å². The summed E-state index contributed by atoms with van der Waals surface area (Å²) in [6, 6.07) is 10.1. The fourth-order valence-corrected chi connectivity index (χ4v) is 4.12. The summed E-state index contributed by atoms with van der Waals surface area (Å²) in [7, 11) is 0. The van der Waals surface area contributed by atoms with Crippen molar-refractivity contribution in [1.29, 1.82) is 0 Å². The molecule has 3 fully saturated rings. The highest BCUT2D eigenvalue weighted by atomic mass is 16.7. The van der Waals surface area contributed by atoms with Crippen molar-refractivity contribution in [3.05, 3.63) is 35.9 Å². The van der Waals surface area contributed by atoms with Crippen LogP contribution in [0.1, 0.15) is 43.8 Å². The third kappa shape index (κ3) is 2.07. The highest BCUT2D eigenvalue weighted by Crippen LogP contribution is 2.45. The first-order valence-corrected chi connectivity index (χ1v) is 8.21. The first-order chi connectivity index (χ1) is 10.7. The second-order valence-electron chi connectivity index (χ2n) is 6.67. The Balaban J connectivity index is 1.59. The van der Waals surface area contributed by atoms with E-state index in [0.717, 1.165) is 18.4 Å². The number of aliphatic hydroxyl groups is 1. The number of hydroxylamine groups is 1. The highest BCUT2D eigenvalue weighted by molar-refractivity contribution is 5.88. The Morgan fingerprint density at radius 2 is 1.91 bits per heavy atom. The number of hydrogen-bond donors (Lipinski definition) is 2. The number of fused-ring (bicyclic) bond motifs is 1. The molecule has 5 heteroatoms. The summed E-state index contributed by atoms with van der Waals surface area (Å²) in [4.78, 5) is 20.2. The van der Waals surface area contributed by atoms with Crippen molar-refractivity contribution < 1.29 is 14.7 Å². The van der Waals surface area contributed by atoms with E-state index in [1.807, 2.05) is 35.2 Å². The summed E-state index contributed by atoms with van der Waals surface area (Å²) in [5, 5.41) is 10.8. The Labute approximate surface area is 130 Å². The van der Waals surface area contributed by atoms with E-state index in [0.29, 0.717) is 6.54 Å². The topological polar surface area (TPSA) is 61.8 Å². The lowest BCUT2D eigenvalue weighted by molar-refractivity contribution is -0.156. The molecule has 2 heterocycles. The van der Waals surface area contributed by atoms with Crippen molar-refractivity contribution in [3.63, 3.8) is 0 Å². The van der Waals surface area contributed by atoms with Crippen LogP contribution in [0.5, 0.6) is 0 Å². The Morgan fingerprint density at radius 3 is 2.64 bits per heavy atom. The lowest BCUT2D eigenvalue weighted by atomic mass is 9.90. The smallest absolute Gasteiger partial charge is 0.272 e. The maximum Gasteiger partial charge on any atom is 0.272 e. The summed E-state index contributed by atoms with van der Waals surface area (Å²) >= 11 is 0. The van der Waals surface area contributed by atoms with Gasteiger partial charge in [-0.15, -0.1) is 0 Å². The minimum absolute atomic E-state index is 0.220. The normalized spacial score (nSPS) is 35.9. The SMILES string of the molecule is O=C1N(C2CCCCC2)CC2C(c3ccccc3)ONC12O. The van der Waals surface area contributed by atoms with E-state index in [2.05, 4.69) is 5.48 Å². The Morgan fingerprint density at radius 1 is 1.18 bits per heavy atom. The zero-order chi connectivity index (χ0) is 15.2. The van der Waals surface area contributed by atoms with E-state index in [1.165, 1.54) is 19.3 Å². The molecular weight excluding hydrogens is 280 g/mol. The van der Waals surface area contributed by atoms with Gasteiger partial charge >= 0.3 is 0 Å². The molecule has 0 spiro atoms. The van der Waals surface area contributed by atoms with Crippen LogP contribution in [-0.4, -0.2) is 34.2 Å². The molecule has 118 valence electrons. The molecule has 0 radical (unpaired) electrons. The van der Waals surface area contributed by atoms with Gasteiger partial charge in [-0.05, 0) is 18.4 Å². The average molecular weight is 302 g/mol. The molecule has 2 saturated heterocycles. The number of likely N-dealkylation sites (tertiary alicyclic amines) is 1. The lowest BCUT2D eigenvalue weighted by Gasteiger charge is -2.32. The van der Waals surface area contributed by atoms with Gasteiger partial charge in [0.1, 0.15) is 6.10 Å². The molecule has 1 amide bonds. The van der Waals surface area contributed by atoms with Gasteiger partial charge in [0.25, 0.3) is 5.91 Å². The van der Waals surface area contributed by atoms with Crippen molar-refractivity contribution in [2.75, 3.05) is 6.54 Å². The van der Waals surface area contributed by atoms with Crippen LogP contribution >= 0.6 is 0 Å². The molecule has 1 saturated carbocycles. The first-order valence-electron chi connectivity index (χ1n) is 8.21. The van der Waals surface area contributed by atoms with Gasteiger partial charge in [-0.2, -0.15) is 5.48 Å². The number of nitrogens with zero attached hydrogens (tertiary/aromatic N) is 1. The average Bonchev–Trinajstić information content (AvgIpc) is 3.03. The number of hydrogen-bond acceptors (Lipinski definition) is 4. The highest BCUT2D eigenvalue weighted by Gasteiger charge is 2.62. The number of carbonyl (C=O) groups is 1. The molecule has 3 atom stereocenters. The standard InChI is InChI=1S/C17H22N2O3/c20-16-17(21)14(11-19(16)13-9-5-2-6-10-13)15(22-18-17)12-7-3-1-4-8-12/h1,3-4,7-8,13-15,18,21H,2,5-6,9-11H2. The third-order valence-corrected chi connectivity index (χ3v) is 5.37. The molecule has 2 aliphatic heterocycles. The van der Waals surface area contributed by atoms with Crippen molar-refractivity contribution in [3.8, 4) is 0 Å². The van der Waals surface area contributed by atoms with Gasteiger partial charge in [0.2, 0.25) is 5.72 Å². The molecular formula is C17H22N2O3. The maximum atomic E-state index is 12.7. The summed E-state index contributed by atoms with van der Waals surface area (Å²) < 4.78 is 0. The number of carbonyl (C=O) groups excluding carboxylic acids is 1. The Kier molecular flexibility index (Phi) is 3.44. The fourth-order valence-electron chi connectivity index (χ4n) is 4.12. The summed E-state index contributed by atoms with van der Waals surface area (Å²) in [6.45, 7) is 0.562. The lowest BCUT2D eigenvalue weighted by Crippen LogP contribution is -2.52. The van der Waals surface area contributed by atoms with E-state index >= 15 is 0 Å². The molecule has 22 heavy (non-hydrogen) atoms. The maximum absolute atomic E-state index is 12.7. The van der Waals surface area contributed by atoms with Crippen LogP contribution < -0.4 is 5.48 Å². The van der Waals surface area contributed by atoms with Crippen LogP contribution in [0, 0.1) is 5.92 Å². The molecule has 4 rings (SSSR count). The summed E-state index contributed by atoms with van der Waals surface area (Å²) in [6.07, 6.45) is 5.40. The zero-order valence-electron chi connectivity index (χ0n) is 12.6. The number of benzene rings is 1. The minimum atomic E-state index is -1.57. The molecule has 1 aromatic rings. The molecule has 1 aliphatic carbocycles. The molecule has 3 unspecified atom stereocenters. The Bertz CT molecular complexity index is 558. The predicted molar refractivity (Wildman–Crippen MR) is 80.4 cm³/mol. The van der Waals surface area contributed by atoms with Gasteiger partial charge in [0.05, 0.1) is 5.92 Å². The van der Waals surface area contributed by atoms with Crippen LogP contribution in [-0.2, 0) is 9.63 Å². The number of amides is 1. The monoisotopic (exact) mass is 302 g/mol. The van der Waals surface area contributed by atoms with E-state index in [4.69, 9.17) is 4.84 Å². The molecule has 1 aromatic carbocycles. The van der Waals surface area contributed by atoms with Crippen LogP contribution in [0.3, 0.4) is 0 Å². The van der Waals surface area contributed by atoms with Gasteiger partial charge in [-0.1, -0.05) is 49.6 Å². The van der Waals surface area contributed by atoms with Crippen molar-refractivity contribution in [2.45, 2.75) is 50.0 Å². The second kappa shape index (κ2) is 5.33. The van der Waals surface area contributed by atoms with Gasteiger partial charge in [0, 0.05) is 12.6 Å². The molecule has 0 bridgehead atoms. The number of rotatable bonds is 2. The largest absolute Gasteiger partial charge is 0.366 e. The van der Waals surface area contributed by atoms with Crippen LogP contribution in [0.4, 0.5) is 0 Å². The van der Waals surface area contributed by atoms with Gasteiger partial charge < -0.3 is 10.0 Å². The summed E-state index contributed by atoms with van der Waals surface area (Å²) in [5.41, 5.74) is 2.05. The van der Waals surface area contributed by atoms with Gasteiger partial charge in [-0.3, -0.25) is 9.63 Å². The van der Waals surface area contributed by atoms with E-state index in [-0.39, 0.29) is 24.0 Å².